The van der Waals surface area contributed by atoms with Crippen molar-refractivity contribution in [3.05, 3.63) is 65.4 Å². The molecule has 0 radical (unpaired) electrons. The molecule has 0 saturated carbocycles. The molecular formula is C23H25N5O2S. The Morgan fingerprint density at radius 1 is 1.35 bits per heavy atom. The largest absolute Gasteiger partial charge is 0.379 e. The van der Waals surface area contributed by atoms with Crippen LogP contribution in [0, 0.1) is 11.3 Å². The Kier molecular flexibility index (Phi) is 6.65. The molecule has 3 heterocycles. The van der Waals surface area contributed by atoms with E-state index in [9.17, 15) is 4.79 Å². The lowest BCUT2D eigenvalue weighted by molar-refractivity contribution is 0.0887. The van der Waals surface area contributed by atoms with Gasteiger partial charge in [-0.25, -0.2) is 4.98 Å². The molecule has 8 heteroatoms. The van der Waals surface area contributed by atoms with Crippen LogP contribution in [0.4, 0.5) is 10.8 Å². The van der Waals surface area contributed by atoms with Gasteiger partial charge in [-0.3, -0.25) is 10.1 Å². The minimum Gasteiger partial charge on any atom is -0.379 e. The number of benzene rings is 1. The number of aromatic nitrogens is 2. The maximum atomic E-state index is 12.9. The van der Waals surface area contributed by atoms with Gasteiger partial charge in [0, 0.05) is 30.9 Å². The van der Waals surface area contributed by atoms with Crippen molar-refractivity contribution in [1.82, 2.24) is 9.55 Å². The number of nitriles is 1. The SMILES string of the molecule is CO[C@H](CC#N)Cn1cccc1C(=O)Nc1nc([C@H]2CCCN2c2ccccc2)cs1. The number of methoxy groups -OCH3 is 1. The molecule has 4 rings (SSSR count). The Bertz CT molecular complexity index is 1060. The van der Waals surface area contributed by atoms with E-state index in [0.29, 0.717) is 17.4 Å². The lowest BCUT2D eigenvalue weighted by Crippen LogP contribution is -2.23. The summed E-state index contributed by atoms with van der Waals surface area (Å²) in [5.41, 5.74) is 2.71. The summed E-state index contributed by atoms with van der Waals surface area (Å²) in [6.07, 6.45) is 4.00. The summed E-state index contributed by atoms with van der Waals surface area (Å²) in [5.74, 6) is -0.218. The third-order valence-electron chi connectivity index (χ3n) is 5.54. The number of amides is 1. The molecule has 1 saturated heterocycles. The average molecular weight is 436 g/mol. The Hall–Kier alpha value is -3.15. The number of ether oxygens (including phenoxy) is 1. The highest BCUT2D eigenvalue weighted by atomic mass is 32.1. The van der Waals surface area contributed by atoms with Gasteiger partial charge in [0.25, 0.3) is 5.91 Å². The van der Waals surface area contributed by atoms with Crippen molar-refractivity contribution < 1.29 is 9.53 Å². The Morgan fingerprint density at radius 2 is 2.19 bits per heavy atom. The summed E-state index contributed by atoms with van der Waals surface area (Å²) >= 11 is 1.44. The van der Waals surface area contributed by atoms with Crippen molar-refractivity contribution in [3.63, 3.8) is 0 Å². The van der Waals surface area contributed by atoms with E-state index in [0.717, 1.165) is 25.1 Å². The number of carbonyl (C=O) groups excluding carboxylic acids is 1. The van der Waals surface area contributed by atoms with E-state index in [-0.39, 0.29) is 24.5 Å². The molecule has 1 aliphatic rings. The van der Waals surface area contributed by atoms with Crippen molar-refractivity contribution >= 4 is 28.1 Å². The topological polar surface area (TPSA) is 83.2 Å². The zero-order chi connectivity index (χ0) is 21.6. The standard InChI is InChI=1S/C23H25N5O2S/c1-30-18(11-12-24)15-27-13-5-10-21(27)22(29)26-23-25-19(16-31-23)20-9-6-14-28(20)17-7-3-2-4-8-17/h2-5,7-8,10,13,16,18,20H,6,9,11,14-15H2,1H3,(H,25,26,29)/t18-,20-/m1/s1. The molecule has 1 amide bonds. The zero-order valence-electron chi connectivity index (χ0n) is 17.4. The molecule has 7 nitrogen and oxygen atoms in total. The van der Waals surface area contributed by atoms with E-state index in [4.69, 9.17) is 15.0 Å². The molecule has 1 aliphatic heterocycles. The summed E-state index contributed by atoms with van der Waals surface area (Å²) in [7, 11) is 1.57. The second-order valence-corrected chi connectivity index (χ2v) is 8.34. The van der Waals surface area contributed by atoms with Gasteiger partial charge in [0.2, 0.25) is 0 Å². The summed E-state index contributed by atoms with van der Waals surface area (Å²) < 4.78 is 7.14. The van der Waals surface area contributed by atoms with Gasteiger partial charge in [-0.1, -0.05) is 18.2 Å². The van der Waals surface area contributed by atoms with Crippen molar-refractivity contribution in [1.29, 1.82) is 5.26 Å². The summed E-state index contributed by atoms with van der Waals surface area (Å²) in [4.78, 5) is 20.0. The fraction of sp³-hybridized carbons (Fsp3) is 0.348. The molecule has 0 aliphatic carbocycles. The fourth-order valence-corrected chi connectivity index (χ4v) is 4.74. The van der Waals surface area contributed by atoms with E-state index in [2.05, 4.69) is 40.6 Å². The van der Waals surface area contributed by atoms with Gasteiger partial charge < -0.3 is 14.2 Å². The van der Waals surface area contributed by atoms with Gasteiger partial charge in [-0.05, 0) is 37.1 Å². The summed E-state index contributed by atoms with van der Waals surface area (Å²) in [5, 5.41) is 14.5. The number of nitrogens with one attached hydrogen (secondary N) is 1. The second-order valence-electron chi connectivity index (χ2n) is 7.48. The Balaban J connectivity index is 1.45. The molecule has 0 unspecified atom stereocenters. The van der Waals surface area contributed by atoms with Crippen LogP contribution in [0.1, 0.15) is 41.5 Å². The van der Waals surface area contributed by atoms with Gasteiger partial charge in [0.05, 0.1) is 36.9 Å². The molecule has 2 aromatic heterocycles. The zero-order valence-corrected chi connectivity index (χ0v) is 18.2. The van der Waals surface area contributed by atoms with E-state index in [1.807, 2.05) is 28.3 Å². The molecule has 0 spiro atoms. The van der Waals surface area contributed by atoms with Crippen LogP contribution in [0.15, 0.2) is 54.0 Å². The van der Waals surface area contributed by atoms with E-state index in [1.54, 1.807) is 13.2 Å². The minimum absolute atomic E-state index is 0.218. The number of nitrogens with zero attached hydrogens (tertiary/aromatic N) is 4. The lowest BCUT2D eigenvalue weighted by Gasteiger charge is -2.25. The number of hydrogen-bond acceptors (Lipinski definition) is 6. The third kappa shape index (κ3) is 4.79. The smallest absolute Gasteiger partial charge is 0.274 e. The van der Waals surface area contributed by atoms with Crippen molar-refractivity contribution in [2.45, 2.75) is 38.0 Å². The first kappa shape index (κ1) is 21.1. The van der Waals surface area contributed by atoms with Crippen LogP contribution in [0.2, 0.25) is 0 Å². The summed E-state index contributed by atoms with van der Waals surface area (Å²) in [6.45, 7) is 1.45. The second kappa shape index (κ2) is 9.77. The van der Waals surface area contributed by atoms with Crippen LogP contribution in [0.5, 0.6) is 0 Å². The molecule has 3 aromatic rings. The van der Waals surface area contributed by atoms with Crippen molar-refractivity contribution in [2.24, 2.45) is 0 Å². The van der Waals surface area contributed by atoms with Crippen LogP contribution in [0.25, 0.3) is 0 Å². The van der Waals surface area contributed by atoms with Crippen molar-refractivity contribution in [2.75, 3.05) is 23.9 Å². The molecule has 160 valence electrons. The maximum Gasteiger partial charge on any atom is 0.274 e. The van der Waals surface area contributed by atoms with Crippen LogP contribution in [-0.4, -0.2) is 35.2 Å². The van der Waals surface area contributed by atoms with Gasteiger partial charge in [-0.2, -0.15) is 5.26 Å². The van der Waals surface area contributed by atoms with E-state index >= 15 is 0 Å². The van der Waals surface area contributed by atoms with Crippen LogP contribution in [-0.2, 0) is 11.3 Å². The lowest BCUT2D eigenvalue weighted by atomic mass is 10.1. The Labute approximate surface area is 185 Å². The predicted molar refractivity (Wildman–Crippen MR) is 121 cm³/mol. The number of carbonyl (C=O) groups is 1. The quantitative estimate of drug-likeness (QED) is 0.565. The molecule has 1 aromatic carbocycles. The highest BCUT2D eigenvalue weighted by Crippen LogP contribution is 2.37. The molecule has 1 fully saturated rings. The number of anilines is 2. The van der Waals surface area contributed by atoms with Gasteiger partial charge >= 0.3 is 0 Å². The fourth-order valence-electron chi connectivity index (χ4n) is 3.98. The first-order valence-corrected chi connectivity index (χ1v) is 11.2. The normalized spacial score (nSPS) is 16.8. The van der Waals surface area contributed by atoms with Gasteiger partial charge in [-0.15, -0.1) is 11.3 Å². The predicted octanol–water partition coefficient (Wildman–Crippen LogP) is 4.47. The Morgan fingerprint density at radius 3 is 2.97 bits per heavy atom. The number of para-hydroxylation sites is 1. The van der Waals surface area contributed by atoms with Crippen LogP contribution >= 0.6 is 11.3 Å². The molecule has 1 N–H and O–H groups in total. The van der Waals surface area contributed by atoms with E-state index < -0.39 is 0 Å². The summed E-state index contributed by atoms with van der Waals surface area (Å²) in [6, 6.07) is 16.3. The first-order valence-electron chi connectivity index (χ1n) is 10.3. The van der Waals surface area contributed by atoms with Crippen LogP contribution in [0.3, 0.4) is 0 Å². The number of hydrogen-bond donors (Lipinski definition) is 1. The highest BCUT2D eigenvalue weighted by molar-refractivity contribution is 7.14. The highest BCUT2D eigenvalue weighted by Gasteiger charge is 2.28. The maximum absolute atomic E-state index is 12.9. The minimum atomic E-state index is -0.262. The van der Waals surface area contributed by atoms with Crippen LogP contribution < -0.4 is 10.2 Å². The molecule has 2 atom stereocenters. The van der Waals surface area contributed by atoms with Gasteiger partial charge in [0.15, 0.2) is 5.13 Å². The monoisotopic (exact) mass is 435 g/mol. The van der Waals surface area contributed by atoms with E-state index in [1.165, 1.54) is 17.0 Å². The molecule has 31 heavy (non-hydrogen) atoms. The number of thiazole rings is 1. The molecular weight excluding hydrogens is 410 g/mol. The van der Waals surface area contributed by atoms with Crippen molar-refractivity contribution in [3.8, 4) is 6.07 Å². The molecule has 0 bridgehead atoms. The number of rotatable bonds is 8. The first-order chi connectivity index (χ1) is 15.2. The van der Waals surface area contributed by atoms with Gasteiger partial charge in [0.1, 0.15) is 5.69 Å². The third-order valence-corrected chi connectivity index (χ3v) is 6.32. The average Bonchev–Trinajstić information content (AvgIpc) is 3.54.